The SMILES string of the molecule is COc1cc(NC(=O)NC(=O)CCl)cc(OC)c1. The van der Waals surface area contributed by atoms with Gasteiger partial charge in [-0.1, -0.05) is 0 Å². The maximum atomic E-state index is 11.4. The van der Waals surface area contributed by atoms with E-state index in [0.717, 1.165) is 0 Å². The van der Waals surface area contributed by atoms with Crippen molar-refractivity contribution in [1.29, 1.82) is 0 Å². The first-order valence-electron chi connectivity index (χ1n) is 4.99. The lowest BCUT2D eigenvalue weighted by Crippen LogP contribution is -2.35. The van der Waals surface area contributed by atoms with E-state index < -0.39 is 11.9 Å². The second-order valence-corrected chi connectivity index (χ2v) is 3.50. The van der Waals surface area contributed by atoms with E-state index in [1.807, 2.05) is 0 Å². The van der Waals surface area contributed by atoms with Crippen molar-refractivity contribution >= 4 is 29.2 Å². The van der Waals surface area contributed by atoms with Crippen LogP contribution in [0.25, 0.3) is 0 Å². The predicted octanol–water partition coefficient (Wildman–Crippen LogP) is 1.59. The summed E-state index contributed by atoms with van der Waals surface area (Å²) in [4.78, 5) is 22.3. The number of ether oxygens (including phenoxy) is 2. The van der Waals surface area contributed by atoms with Gasteiger partial charge < -0.3 is 14.8 Å². The van der Waals surface area contributed by atoms with Crippen molar-refractivity contribution in [3.63, 3.8) is 0 Å². The van der Waals surface area contributed by atoms with E-state index >= 15 is 0 Å². The Morgan fingerprint density at radius 2 is 1.72 bits per heavy atom. The van der Waals surface area contributed by atoms with Crippen molar-refractivity contribution in [3.05, 3.63) is 18.2 Å². The van der Waals surface area contributed by atoms with Crippen LogP contribution in [0.4, 0.5) is 10.5 Å². The second kappa shape index (κ2) is 6.70. The van der Waals surface area contributed by atoms with E-state index in [1.165, 1.54) is 14.2 Å². The zero-order valence-corrected chi connectivity index (χ0v) is 10.7. The molecule has 0 saturated heterocycles. The number of rotatable bonds is 4. The monoisotopic (exact) mass is 272 g/mol. The van der Waals surface area contributed by atoms with E-state index in [0.29, 0.717) is 17.2 Å². The second-order valence-electron chi connectivity index (χ2n) is 3.24. The molecule has 0 aliphatic rings. The van der Waals surface area contributed by atoms with E-state index in [9.17, 15) is 9.59 Å². The molecule has 18 heavy (non-hydrogen) atoms. The average Bonchev–Trinajstić information content (AvgIpc) is 2.37. The van der Waals surface area contributed by atoms with Gasteiger partial charge in [0.05, 0.1) is 14.2 Å². The molecule has 1 rings (SSSR count). The number of amides is 3. The van der Waals surface area contributed by atoms with Gasteiger partial charge in [0, 0.05) is 23.9 Å². The average molecular weight is 273 g/mol. The zero-order valence-electron chi connectivity index (χ0n) is 9.95. The standard InChI is InChI=1S/C11H13ClN2O4/c1-17-8-3-7(4-9(5-8)18-2)13-11(16)14-10(15)6-12/h3-5H,6H2,1-2H3,(H2,13,14,15,16). The van der Waals surface area contributed by atoms with Gasteiger partial charge in [0.2, 0.25) is 5.91 Å². The quantitative estimate of drug-likeness (QED) is 0.816. The molecule has 0 aliphatic carbocycles. The molecule has 0 saturated carbocycles. The number of benzene rings is 1. The molecule has 0 heterocycles. The maximum Gasteiger partial charge on any atom is 0.325 e. The lowest BCUT2D eigenvalue weighted by Gasteiger charge is -2.09. The topological polar surface area (TPSA) is 76.7 Å². The Bertz CT molecular complexity index is 428. The third-order valence-electron chi connectivity index (χ3n) is 1.98. The van der Waals surface area contributed by atoms with Gasteiger partial charge >= 0.3 is 6.03 Å². The Morgan fingerprint density at radius 1 is 1.17 bits per heavy atom. The first-order chi connectivity index (χ1) is 8.58. The zero-order chi connectivity index (χ0) is 13.5. The van der Waals surface area contributed by atoms with E-state index in [4.69, 9.17) is 21.1 Å². The van der Waals surface area contributed by atoms with Gasteiger partial charge in [-0.3, -0.25) is 10.1 Å². The molecule has 0 unspecified atom stereocenters. The lowest BCUT2D eigenvalue weighted by atomic mass is 10.3. The smallest absolute Gasteiger partial charge is 0.325 e. The minimum Gasteiger partial charge on any atom is -0.497 e. The van der Waals surface area contributed by atoms with Crippen LogP contribution < -0.4 is 20.1 Å². The van der Waals surface area contributed by atoms with Gasteiger partial charge in [-0.25, -0.2) is 4.79 Å². The van der Waals surface area contributed by atoms with Crippen LogP contribution in [0, 0.1) is 0 Å². The summed E-state index contributed by atoms with van der Waals surface area (Å²) >= 11 is 5.26. The van der Waals surface area contributed by atoms with Crippen molar-refractivity contribution in [2.75, 3.05) is 25.4 Å². The number of alkyl halides is 1. The number of nitrogens with one attached hydrogen (secondary N) is 2. The molecule has 1 aromatic rings. The van der Waals surface area contributed by atoms with Crippen molar-refractivity contribution in [3.8, 4) is 11.5 Å². The Balaban J connectivity index is 2.77. The summed E-state index contributed by atoms with van der Waals surface area (Å²) in [6.45, 7) is 0. The number of methoxy groups -OCH3 is 2. The van der Waals surface area contributed by atoms with Gasteiger partial charge in [-0.05, 0) is 0 Å². The Kier molecular flexibility index (Phi) is 5.26. The molecule has 0 atom stereocenters. The Morgan fingerprint density at radius 3 is 2.17 bits per heavy atom. The molecule has 0 bridgehead atoms. The van der Waals surface area contributed by atoms with Gasteiger partial charge in [0.25, 0.3) is 0 Å². The van der Waals surface area contributed by atoms with Crippen LogP contribution in [0.5, 0.6) is 11.5 Å². The molecule has 7 heteroatoms. The highest BCUT2D eigenvalue weighted by atomic mass is 35.5. The fourth-order valence-corrected chi connectivity index (χ4v) is 1.27. The van der Waals surface area contributed by atoms with E-state index in [1.54, 1.807) is 18.2 Å². The van der Waals surface area contributed by atoms with E-state index in [-0.39, 0.29) is 5.88 Å². The molecule has 6 nitrogen and oxygen atoms in total. The van der Waals surface area contributed by atoms with Crippen molar-refractivity contribution in [2.24, 2.45) is 0 Å². The molecule has 0 fully saturated rings. The van der Waals surface area contributed by atoms with Crippen molar-refractivity contribution < 1.29 is 19.1 Å². The van der Waals surface area contributed by atoms with Gasteiger partial charge in [0.15, 0.2) is 0 Å². The number of hydrogen-bond donors (Lipinski definition) is 2. The molecule has 98 valence electrons. The largest absolute Gasteiger partial charge is 0.497 e. The van der Waals surface area contributed by atoms with Crippen LogP contribution in [0.1, 0.15) is 0 Å². The molecule has 1 aromatic carbocycles. The minimum absolute atomic E-state index is 0.283. The Labute approximate surface area is 109 Å². The minimum atomic E-state index is -0.670. The summed E-state index contributed by atoms with van der Waals surface area (Å²) in [5.74, 6) is 0.181. The molecular weight excluding hydrogens is 260 g/mol. The highest BCUT2D eigenvalue weighted by Gasteiger charge is 2.08. The summed E-state index contributed by atoms with van der Waals surface area (Å²) in [5.41, 5.74) is 0.436. The normalized spacial score (nSPS) is 9.50. The first-order valence-corrected chi connectivity index (χ1v) is 5.52. The molecule has 2 N–H and O–H groups in total. The number of anilines is 1. The van der Waals surface area contributed by atoms with Gasteiger partial charge in [-0.15, -0.1) is 11.6 Å². The van der Waals surface area contributed by atoms with Crippen LogP contribution in [-0.2, 0) is 4.79 Å². The molecular formula is C11H13ClN2O4. The lowest BCUT2D eigenvalue weighted by molar-refractivity contribution is -0.117. The summed E-state index contributed by atoms with van der Waals surface area (Å²) in [5, 5.41) is 4.52. The van der Waals surface area contributed by atoms with Gasteiger partial charge in [0.1, 0.15) is 17.4 Å². The van der Waals surface area contributed by atoms with Crippen LogP contribution in [0.3, 0.4) is 0 Å². The third kappa shape index (κ3) is 4.14. The number of urea groups is 1. The van der Waals surface area contributed by atoms with Crippen LogP contribution in [0.2, 0.25) is 0 Å². The Hall–Kier alpha value is -1.95. The van der Waals surface area contributed by atoms with E-state index in [2.05, 4.69) is 10.6 Å². The fraction of sp³-hybridized carbons (Fsp3) is 0.273. The number of carbonyl (C=O) groups is 2. The highest BCUT2D eigenvalue weighted by Crippen LogP contribution is 2.25. The summed E-state index contributed by atoms with van der Waals surface area (Å²) in [6, 6.07) is 4.17. The number of hydrogen-bond acceptors (Lipinski definition) is 4. The predicted molar refractivity (Wildman–Crippen MR) is 67.4 cm³/mol. The number of halogens is 1. The van der Waals surface area contributed by atoms with Crippen LogP contribution >= 0.6 is 11.6 Å². The fourth-order valence-electron chi connectivity index (χ4n) is 1.20. The molecule has 0 spiro atoms. The molecule has 3 amide bonds. The molecule has 0 aromatic heterocycles. The van der Waals surface area contributed by atoms with Crippen molar-refractivity contribution in [1.82, 2.24) is 5.32 Å². The number of carbonyl (C=O) groups excluding carboxylic acids is 2. The van der Waals surface area contributed by atoms with Crippen LogP contribution in [0.15, 0.2) is 18.2 Å². The summed E-state index contributed by atoms with van der Waals surface area (Å²) in [6.07, 6.45) is 0. The molecule has 0 radical (unpaired) electrons. The van der Waals surface area contributed by atoms with Crippen LogP contribution in [-0.4, -0.2) is 32.0 Å². The first kappa shape index (κ1) is 14.1. The van der Waals surface area contributed by atoms with Crippen molar-refractivity contribution in [2.45, 2.75) is 0 Å². The number of imide groups is 1. The summed E-state index contributed by atoms with van der Waals surface area (Å²) in [7, 11) is 2.99. The summed E-state index contributed by atoms with van der Waals surface area (Å²) < 4.78 is 10.1. The van der Waals surface area contributed by atoms with Gasteiger partial charge in [-0.2, -0.15) is 0 Å². The molecule has 0 aliphatic heterocycles. The maximum absolute atomic E-state index is 11.4. The highest BCUT2D eigenvalue weighted by molar-refractivity contribution is 6.28. The third-order valence-corrected chi connectivity index (χ3v) is 2.23.